The molecule has 1 saturated carbocycles. The number of ether oxygens (including phenoxy) is 1. The largest absolute Gasteiger partial charge is 0.573 e. The summed E-state index contributed by atoms with van der Waals surface area (Å²) in [5, 5.41) is 11.0. The molecule has 50 heavy (non-hydrogen) atoms. The molecular weight excluding hydrogens is 768 g/mol. The number of carbonyl (C=O) groups is 5. The van der Waals surface area contributed by atoms with Gasteiger partial charge < -0.3 is 9.84 Å². The predicted octanol–water partition coefficient (Wildman–Crippen LogP) is 6.44. The Morgan fingerprint density at radius 1 is 0.920 bits per heavy atom. The number of phenols is 1. The number of halogens is 6. The average molecular weight is 792 g/mol. The van der Waals surface area contributed by atoms with E-state index < -0.39 is 74.9 Å². The molecule has 2 aliphatic carbocycles. The number of amides is 4. The van der Waals surface area contributed by atoms with E-state index in [0.717, 1.165) is 28.0 Å². The van der Waals surface area contributed by atoms with Crippen molar-refractivity contribution in [3.8, 4) is 11.5 Å². The van der Waals surface area contributed by atoms with Crippen molar-refractivity contribution in [3.63, 3.8) is 0 Å². The van der Waals surface area contributed by atoms with E-state index in [2.05, 4.69) is 20.7 Å². The molecule has 258 valence electrons. The quantitative estimate of drug-likeness (QED) is 0.100. The third-order valence-corrected chi connectivity index (χ3v) is 11.9. The molecule has 3 aromatic rings. The number of carbonyl (C=O) groups excluding carboxylic acids is 5. The Bertz CT molecular complexity index is 2010. The highest BCUT2D eigenvalue weighted by molar-refractivity contribution is 9.09. The first-order valence-electron chi connectivity index (χ1n) is 15.3. The highest BCUT2D eigenvalue weighted by Crippen LogP contribution is 2.66. The standard InChI is InChI=1S/C35H24BrCl2F3N2O7/c36-16-42-31(48)33(37)15-24-21(27(34(33,38)32(42)49)23-14-20(10-13-25(23)44)50-35(39,40)41)11-12-22-26(24)30(47)43(29(22)46)19-8-6-18(7-9-19)28(45)17-4-2-1-3-5-17/h1-11,13-14,22,24,26-27,44H,12,15-16H2/t22-,24+,26-,27+,33+,34-/m0/s1. The van der Waals surface area contributed by atoms with E-state index in [1.54, 1.807) is 36.4 Å². The number of likely N-dealkylation sites (tertiary alicyclic amines) is 1. The van der Waals surface area contributed by atoms with Gasteiger partial charge in [0.15, 0.2) is 15.5 Å². The van der Waals surface area contributed by atoms with E-state index in [4.69, 9.17) is 23.2 Å². The SMILES string of the molecule is O=C(c1ccccc1)c1ccc(N2C(=O)[C@H]3[C@H](CC=C4[C@H]3C[C@@]3(Cl)C(=O)N(CBr)C(=O)[C@@]3(Cl)[C@H]4c3cc(OC(F)(F)F)ccc3O)C2=O)cc1. The normalized spacial score (nSPS) is 29.0. The fourth-order valence-corrected chi connectivity index (χ4v) is 9.25. The van der Waals surface area contributed by atoms with Gasteiger partial charge in [0.1, 0.15) is 11.5 Å². The van der Waals surface area contributed by atoms with Crippen molar-refractivity contribution in [1.82, 2.24) is 4.90 Å². The molecule has 4 amide bonds. The Morgan fingerprint density at radius 3 is 2.22 bits per heavy atom. The van der Waals surface area contributed by atoms with Crippen LogP contribution < -0.4 is 9.64 Å². The van der Waals surface area contributed by atoms with Gasteiger partial charge in [-0.15, -0.1) is 36.4 Å². The third kappa shape index (κ3) is 4.99. The Morgan fingerprint density at radius 2 is 1.58 bits per heavy atom. The summed E-state index contributed by atoms with van der Waals surface area (Å²) < 4.78 is 43.8. The van der Waals surface area contributed by atoms with Crippen LogP contribution in [0.5, 0.6) is 11.5 Å². The molecule has 0 bridgehead atoms. The summed E-state index contributed by atoms with van der Waals surface area (Å²) in [6.07, 6.45) is -3.91. The van der Waals surface area contributed by atoms with Crippen LogP contribution in [-0.4, -0.2) is 61.0 Å². The maximum absolute atomic E-state index is 14.3. The molecule has 7 rings (SSSR count). The molecule has 3 aromatic carbocycles. The van der Waals surface area contributed by atoms with Gasteiger partial charge in [-0.1, -0.05) is 57.9 Å². The second-order valence-corrected chi connectivity index (χ2v) is 14.3. The number of nitrogens with zero attached hydrogens (tertiary/aromatic N) is 2. The molecule has 1 N–H and O–H groups in total. The summed E-state index contributed by atoms with van der Waals surface area (Å²) in [6, 6.07) is 17.2. The van der Waals surface area contributed by atoms with Gasteiger partial charge in [0.05, 0.1) is 23.0 Å². The smallest absolute Gasteiger partial charge is 0.508 e. The van der Waals surface area contributed by atoms with Crippen molar-refractivity contribution in [2.24, 2.45) is 17.8 Å². The highest BCUT2D eigenvalue weighted by Gasteiger charge is 2.76. The van der Waals surface area contributed by atoms with Crippen LogP contribution >= 0.6 is 39.1 Å². The number of imide groups is 2. The first-order valence-corrected chi connectivity index (χ1v) is 17.2. The Labute approximate surface area is 300 Å². The van der Waals surface area contributed by atoms with E-state index in [1.165, 1.54) is 24.3 Å². The molecule has 15 heteroatoms. The van der Waals surface area contributed by atoms with E-state index >= 15 is 0 Å². The van der Waals surface area contributed by atoms with Crippen LogP contribution in [-0.2, 0) is 19.2 Å². The van der Waals surface area contributed by atoms with E-state index in [9.17, 15) is 42.3 Å². The number of phenolic OH excluding ortho intramolecular Hbond substituents is 1. The first-order chi connectivity index (χ1) is 23.6. The van der Waals surface area contributed by atoms with Gasteiger partial charge in [-0.25, -0.2) is 0 Å². The first kappa shape index (κ1) is 34.3. The molecular formula is C35H24BrCl2F3N2O7. The van der Waals surface area contributed by atoms with Crippen LogP contribution in [0.25, 0.3) is 0 Å². The lowest BCUT2D eigenvalue weighted by Crippen LogP contribution is -2.60. The van der Waals surface area contributed by atoms with Gasteiger partial charge in [-0.05, 0) is 61.2 Å². The monoisotopic (exact) mass is 790 g/mol. The van der Waals surface area contributed by atoms with Crippen molar-refractivity contribution in [1.29, 1.82) is 0 Å². The zero-order valence-electron chi connectivity index (χ0n) is 25.5. The van der Waals surface area contributed by atoms with Crippen molar-refractivity contribution in [2.75, 3.05) is 10.4 Å². The Kier molecular flexibility index (Phi) is 8.19. The Hall–Kier alpha value is -4.20. The zero-order valence-corrected chi connectivity index (χ0v) is 28.6. The van der Waals surface area contributed by atoms with Crippen LogP contribution in [0.1, 0.15) is 40.2 Å². The second kappa shape index (κ2) is 12.0. The summed E-state index contributed by atoms with van der Waals surface area (Å²) in [5.41, 5.74) is 0.651. The van der Waals surface area contributed by atoms with Gasteiger partial charge in [-0.2, -0.15) is 0 Å². The minimum atomic E-state index is -5.10. The fraction of sp³-hybridized carbons (Fsp3) is 0.286. The number of benzene rings is 3. The molecule has 6 atom stereocenters. The van der Waals surface area contributed by atoms with Crippen LogP contribution in [0.3, 0.4) is 0 Å². The Balaban J connectivity index is 1.30. The number of aromatic hydroxyl groups is 1. The van der Waals surface area contributed by atoms with Crippen molar-refractivity contribution >= 4 is 74.2 Å². The fourth-order valence-electron chi connectivity index (χ4n) is 7.83. The van der Waals surface area contributed by atoms with Gasteiger partial charge in [0.2, 0.25) is 11.8 Å². The minimum Gasteiger partial charge on any atom is -0.508 e. The maximum Gasteiger partial charge on any atom is 0.573 e. The summed E-state index contributed by atoms with van der Waals surface area (Å²) in [7, 11) is 0. The zero-order chi connectivity index (χ0) is 35.9. The summed E-state index contributed by atoms with van der Waals surface area (Å²) in [4.78, 5) is 66.0. The summed E-state index contributed by atoms with van der Waals surface area (Å²) in [5.74, 6) is -9.13. The third-order valence-electron chi connectivity index (χ3n) is 9.98. The van der Waals surface area contributed by atoms with Gasteiger partial charge in [0.25, 0.3) is 11.8 Å². The van der Waals surface area contributed by atoms with Crippen LogP contribution in [0.15, 0.2) is 84.4 Å². The number of hydrogen-bond acceptors (Lipinski definition) is 7. The molecule has 0 unspecified atom stereocenters. The second-order valence-electron chi connectivity index (χ2n) is 12.5. The minimum absolute atomic E-state index is 0.0231. The predicted molar refractivity (Wildman–Crippen MR) is 177 cm³/mol. The number of hydrogen-bond donors (Lipinski definition) is 1. The number of allylic oxidation sites excluding steroid dienone is 2. The van der Waals surface area contributed by atoms with Gasteiger partial charge in [0, 0.05) is 22.6 Å². The van der Waals surface area contributed by atoms with Gasteiger partial charge >= 0.3 is 6.36 Å². The number of rotatable bonds is 6. The average Bonchev–Trinajstić information content (AvgIpc) is 3.42. The topological polar surface area (TPSA) is 121 Å². The van der Waals surface area contributed by atoms with E-state index in [1.807, 2.05) is 0 Å². The summed E-state index contributed by atoms with van der Waals surface area (Å²) in [6.45, 7) is 0. The van der Waals surface area contributed by atoms with Crippen molar-refractivity contribution in [3.05, 3.63) is 101 Å². The number of alkyl halides is 6. The molecule has 4 aliphatic rings. The maximum atomic E-state index is 14.3. The van der Waals surface area contributed by atoms with Crippen molar-refractivity contribution < 1.29 is 47.0 Å². The lowest BCUT2D eigenvalue weighted by molar-refractivity contribution is -0.274. The lowest BCUT2D eigenvalue weighted by Gasteiger charge is -2.50. The number of anilines is 1. The molecule has 2 heterocycles. The van der Waals surface area contributed by atoms with Crippen LogP contribution in [0.4, 0.5) is 18.9 Å². The number of ketones is 1. The molecule has 0 spiro atoms. The highest BCUT2D eigenvalue weighted by atomic mass is 79.9. The molecule has 9 nitrogen and oxygen atoms in total. The molecule has 3 fully saturated rings. The molecule has 0 radical (unpaired) electrons. The molecule has 2 aliphatic heterocycles. The van der Waals surface area contributed by atoms with E-state index in [-0.39, 0.29) is 40.9 Å². The summed E-state index contributed by atoms with van der Waals surface area (Å²) >= 11 is 17.4. The lowest BCUT2D eigenvalue weighted by atomic mass is 9.56. The van der Waals surface area contributed by atoms with Crippen LogP contribution in [0, 0.1) is 17.8 Å². The van der Waals surface area contributed by atoms with Crippen molar-refractivity contribution in [2.45, 2.75) is 34.9 Å². The molecule has 2 saturated heterocycles. The van der Waals surface area contributed by atoms with E-state index in [0.29, 0.717) is 11.1 Å². The van der Waals surface area contributed by atoms with Gasteiger partial charge in [-0.3, -0.25) is 33.8 Å². The molecule has 0 aromatic heterocycles. The number of fused-ring (bicyclic) bond motifs is 4. The van der Waals surface area contributed by atoms with Crippen LogP contribution in [0.2, 0.25) is 0 Å².